The third kappa shape index (κ3) is 5.34. The lowest BCUT2D eigenvalue weighted by molar-refractivity contribution is 0.0932. The predicted molar refractivity (Wildman–Crippen MR) is 134 cm³/mol. The fraction of sp³-hybridized carbons (Fsp3) is 0.360. The number of hydrogen-bond acceptors (Lipinski definition) is 6. The summed E-state index contributed by atoms with van der Waals surface area (Å²) < 4.78 is 5.36. The summed E-state index contributed by atoms with van der Waals surface area (Å²) >= 11 is 1.75. The number of nitrogens with one attached hydrogen (secondary N) is 2. The van der Waals surface area contributed by atoms with Gasteiger partial charge in [0.2, 0.25) is 0 Å². The second-order valence-corrected chi connectivity index (χ2v) is 8.42. The van der Waals surface area contributed by atoms with Crippen LogP contribution in [0.2, 0.25) is 0 Å². The van der Waals surface area contributed by atoms with E-state index in [4.69, 9.17) is 10.5 Å². The third-order valence-electron chi connectivity index (χ3n) is 5.27. The van der Waals surface area contributed by atoms with Crippen molar-refractivity contribution in [3.05, 3.63) is 60.3 Å². The van der Waals surface area contributed by atoms with E-state index in [0.717, 1.165) is 35.9 Å². The third-order valence-corrected chi connectivity index (χ3v) is 6.65. The zero-order chi connectivity index (χ0) is 22.9. The van der Waals surface area contributed by atoms with Gasteiger partial charge >= 0.3 is 0 Å². The minimum Gasteiger partial charge on any atom is -0.496 e. The van der Waals surface area contributed by atoms with Crippen molar-refractivity contribution in [2.45, 2.75) is 49.4 Å². The van der Waals surface area contributed by atoms with Gasteiger partial charge in [-0.15, -0.1) is 0 Å². The molecule has 0 radical (unpaired) electrons. The number of amides is 1. The molecule has 0 bridgehead atoms. The van der Waals surface area contributed by atoms with E-state index in [1.54, 1.807) is 31.0 Å². The Bertz CT molecular complexity index is 1040. The number of para-hydroxylation sites is 2. The second-order valence-electron chi connectivity index (χ2n) is 7.27. The van der Waals surface area contributed by atoms with Crippen molar-refractivity contribution >= 4 is 34.3 Å². The molecule has 2 heterocycles. The van der Waals surface area contributed by atoms with E-state index in [2.05, 4.69) is 21.7 Å². The fourth-order valence-electron chi connectivity index (χ4n) is 3.72. The van der Waals surface area contributed by atoms with Gasteiger partial charge in [0, 0.05) is 10.3 Å². The monoisotopic (exact) mass is 452 g/mol. The van der Waals surface area contributed by atoms with Crippen molar-refractivity contribution in [3.63, 3.8) is 0 Å². The van der Waals surface area contributed by atoms with E-state index in [1.165, 1.54) is 4.90 Å². The molecule has 1 aliphatic rings. The van der Waals surface area contributed by atoms with Gasteiger partial charge in [-0.05, 0) is 37.6 Å². The van der Waals surface area contributed by atoms with Crippen molar-refractivity contribution < 1.29 is 9.53 Å². The second kappa shape index (κ2) is 11.7. The molecule has 2 atom stereocenters. The number of nitrogens with zero attached hydrogens (tertiary/aromatic N) is 1. The zero-order valence-corrected chi connectivity index (χ0v) is 19.7. The summed E-state index contributed by atoms with van der Waals surface area (Å²) in [4.78, 5) is 18.8. The molecule has 4 rings (SSSR count). The number of aromatic nitrogens is 1. The first-order valence-corrected chi connectivity index (χ1v) is 12.0. The Labute approximate surface area is 194 Å². The van der Waals surface area contributed by atoms with Gasteiger partial charge in [0.05, 0.1) is 41.5 Å². The Kier molecular flexibility index (Phi) is 8.76. The first-order valence-electron chi connectivity index (χ1n) is 11.2. The van der Waals surface area contributed by atoms with Crippen molar-refractivity contribution in [1.82, 2.24) is 10.3 Å². The summed E-state index contributed by atoms with van der Waals surface area (Å²) in [5.41, 5.74) is 8.22. The summed E-state index contributed by atoms with van der Waals surface area (Å²) in [6, 6.07) is 15.4. The van der Waals surface area contributed by atoms with E-state index in [1.807, 2.05) is 50.4 Å². The Hall–Kier alpha value is -2.77. The van der Waals surface area contributed by atoms with Gasteiger partial charge in [-0.2, -0.15) is 0 Å². The van der Waals surface area contributed by atoms with Gasteiger partial charge in [-0.3, -0.25) is 9.78 Å². The van der Waals surface area contributed by atoms with Gasteiger partial charge in [0.25, 0.3) is 5.91 Å². The van der Waals surface area contributed by atoms with Crippen LogP contribution in [-0.2, 0) is 0 Å². The quantitative estimate of drug-likeness (QED) is 0.415. The van der Waals surface area contributed by atoms with Gasteiger partial charge in [0.1, 0.15) is 5.75 Å². The summed E-state index contributed by atoms with van der Waals surface area (Å²) in [7, 11) is 1.58. The molecule has 1 amide bonds. The number of thioether (sulfide) groups is 1. The highest BCUT2D eigenvalue weighted by Crippen LogP contribution is 2.43. The Morgan fingerprint density at radius 1 is 1.19 bits per heavy atom. The number of hydrogen-bond donors (Lipinski definition) is 3. The molecule has 0 aliphatic carbocycles. The topological polar surface area (TPSA) is 89.3 Å². The minimum absolute atomic E-state index is 0.0176. The molecule has 0 spiro atoms. The molecule has 170 valence electrons. The van der Waals surface area contributed by atoms with E-state index in [9.17, 15) is 4.79 Å². The molecule has 2 aromatic carbocycles. The fourth-order valence-corrected chi connectivity index (χ4v) is 5.07. The number of nitrogens with two attached hydrogens (primary N) is 1. The van der Waals surface area contributed by atoms with Crippen LogP contribution in [0.4, 0.5) is 5.69 Å². The maximum absolute atomic E-state index is 13.0. The molecule has 1 aliphatic heterocycles. The van der Waals surface area contributed by atoms with E-state index in [0.29, 0.717) is 17.9 Å². The van der Waals surface area contributed by atoms with Gasteiger partial charge < -0.3 is 21.1 Å². The van der Waals surface area contributed by atoms with Crippen LogP contribution < -0.4 is 21.1 Å². The van der Waals surface area contributed by atoms with Crippen LogP contribution in [0, 0.1) is 0 Å². The van der Waals surface area contributed by atoms with Crippen molar-refractivity contribution in [2.24, 2.45) is 5.73 Å². The van der Waals surface area contributed by atoms with Crippen LogP contribution in [0.25, 0.3) is 10.9 Å². The van der Waals surface area contributed by atoms with Crippen molar-refractivity contribution in [2.75, 3.05) is 19.0 Å². The maximum Gasteiger partial charge on any atom is 0.255 e. The van der Waals surface area contributed by atoms with E-state index >= 15 is 0 Å². The summed E-state index contributed by atoms with van der Waals surface area (Å²) in [5, 5.41) is 7.94. The van der Waals surface area contributed by atoms with Crippen LogP contribution in [0.5, 0.6) is 5.75 Å². The first-order chi connectivity index (χ1) is 15.7. The predicted octanol–water partition coefficient (Wildman–Crippen LogP) is 5.04. The molecule has 1 unspecified atom stereocenters. The number of rotatable bonds is 8. The van der Waals surface area contributed by atoms with Crippen LogP contribution >= 0.6 is 11.8 Å². The molecule has 0 fully saturated rings. The summed E-state index contributed by atoms with van der Waals surface area (Å²) in [6.45, 7) is 4.65. The van der Waals surface area contributed by atoms with Gasteiger partial charge in [-0.1, -0.05) is 62.4 Å². The lowest BCUT2D eigenvalue weighted by atomic mass is 10.1. The minimum atomic E-state index is -0.133. The van der Waals surface area contributed by atoms with E-state index < -0.39 is 0 Å². The molecular weight excluding hydrogens is 420 g/mol. The first kappa shape index (κ1) is 23.9. The van der Waals surface area contributed by atoms with Crippen molar-refractivity contribution in [3.8, 4) is 5.75 Å². The van der Waals surface area contributed by atoms with Gasteiger partial charge in [0.15, 0.2) is 0 Å². The lowest BCUT2D eigenvalue weighted by Crippen LogP contribution is -2.44. The normalized spacial score (nSPS) is 15.2. The number of ether oxygens (including phenoxy) is 1. The Morgan fingerprint density at radius 2 is 1.94 bits per heavy atom. The number of pyridine rings is 1. The van der Waals surface area contributed by atoms with Crippen LogP contribution in [0.3, 0.4) is 0 Å². The molecule has 6 nitrogen and oxygen atoms in total. The summed E-state index contributed by atoms with van der Waals surface area (Å²) in [6.07, 6.45) is 4.59. The SMILES string of the molecule is CC.COc1ccccc1C(=O)N[C@@H](CCCCN)C1Nc2cnc3ccccc3c2S1. The highest BCUT2D eigenvalue weighted by Gasteiger charge is 2.32. The average molecular weight is 453 g/mol. The lowest BCUT2D eigenvalue weighted by Gasteiger charge is -2.25. The van der Waals surface area contributed by atoms with Crippen LogP contribution in [0.15, 0.2) is 59.6 Å². The smallest absolute Gasteiger partial charge is 0.255 e. The number of anilines is 1. The largest absolute Gasteiger partial charge is 0.496 e. The molecule has 4 N–H and O–H groups in total. The molecule has 7 heteroatoms. The van der Waals surface area contributed by atoms with Crippen LogP contribution in [-0.4, -0.2) is 36.0 Å². The molecule has 0 saturated heterocycles. The number of methoxy groups -OCH3 is 1. The number of unbranched alkanes of at least 4 members (excludes halogenated alkanes) is 1. The standard InChI is InChI=1S/C23H26N4O2S.C2H6/c1-29-20-12-5-3-9-16(20)22(28)26-18(11-6-7-13-24)23-27-19-14-25-17-10-4-2-8-15(17)21(19)30-23;1-2/h2-5,8-10,12,14,18,23,27H,6-7,11,13,24H2,1H3,(H,26,28);1-2H3/t18-,23?;/m0./s1. The van der Waals surface area contributed by atoms with Crippen LogP contribution in [0.1, 0.15) is 43.5 Å². The highest BCUT2D eigenvalue weighted by atomic mass is 32.2. The molecule has 32 heavy (non-hydrogen) atoms. The van der Waals surface area contributed by atoms with Gasteiger partial charge in [-0.25, -0.2) is 0 Å². The number of benzene rings is 2. The maximum atomic E-state index is 13.0. The molecule has 3 aromatic rings. The number of carbonyl (C=O) groups is 1. The average Bonchev–Trinajstić information content (AvgIpc) is 3.29. The van der Waals surface area contributed by atoms with Crippen molar-refractivity contribution in [1.29, 1.82) is 0 Å². The number of carbonyl (C=O) groups excluding carboxylic acids is 1. The molecule has 1 aromatic heterocycles. The molecular formula is C25H32N4O2S. The summed E-state index contributed by atoms with van der Waals surface area (Å²) in [5.74, 6) is 0.438. The Morgan fingerprint density at radius 3 is 2.72 bits per heavy atom. The molecule has 0 saturated carbocycles. The highest BCUT2D eigenvalue weighted by molar-refractivity contribution is 8.00. The number of fused-ring (bicyclic) bond motifs is 3. The van der Waals surface area contributed by atoms with E-state index in [-0.39, 0.29) is 17.3 Å². The zero-order valence-electron chi connectivity index (χ0n) is 18.9. The Balaban J connectivity index is 0.00000141.